The van der Waals surface area contributed by atoms with Crippen LogP contribution in [0.25, 0.3) is 11.0 Å². The largest absolute Gasteiger partial charge is 0.464 e. The van der Waals surface area contributed by atoms with Crippen molar-refractivity contribution in [3.63, 3.8) is 0 Å². The van der Waals surface area contributed by atoms with Crippen molar-refractivity contribution in [2.45, 2.75) is 0 Å². The topological polar surface area (TPSA) is 37.5 Å². The Bertz CT molecular complexity index is 470. The number of anilines is 1. The lowest BCUT2D eigenvalue weighted by Crippen LogP contribution is -1.96. The lowest BCUT2D eigenvalue weighted by Gasteiger charge is -2.05. The van der Waals surface area contributed by atoms with Gasteiger partial charge in [0.15, 0.2) is 0 Å². The second-order valence-electron chi connectivity index (χ2n) is 2.74. The van der Waals surface area contributed by atoms with E-state index in [4.69, 9.17) is 4.42 Å². The van der Waals surface area contributed by atoms with Crippen molar-refractivity contribution < 1.29 is 4.42 Å². The van der Waals surface area contributed by atoms with Crippen molar-refractivity contribution in [3.05, 3.63) is 30.0 Å². The standard InChI is InChI=1S/C9H6N2O/c1-2-7-9-6(4-10-11-7)5-12-8(9)3-1/h1-5,11H. The third kappa shape index (κ3) is 0.580. The second kappa shape index (κ2) is 1.88. The molecule has 1 aromatic carbocycles. The minimum Gasteiger partial charge on any atom is -0.464 e. The van der Waals surface area contributed by atoms with E-state index in [2.05, 4.69) is 10.5 Å². The number of hydrogen-bond acceptors (Lipinski definition) is 3. The molecule has 3 rings (SSSR count). The van der Waals surface area contributed by atoms with Crippen LogP contribution in [0.3, 0.4) is 0 Å². The van der Waals surface area contributed by atoms with Crippen molar-refractivity contribution in [2.24, 2.45) is 5.10 Å². The fraction of sp³-hybridized carbons (Fsp3) is 0. The van der Waals surface area contributed by atoms with Crippen LogP contribution in [0.15, 0.2) is 34.0 Å². The molecule has 0 spiro atoms. The van der Waals surface area contributed by atoms with Crippen LogP contribution in [-0.4, -0.2) is 6.21 Å². The van der Waals surface area contributed by atoms with E-state index < -0.39 is 0 Å². The van der Waals surface area contributed by atoms with Crippen LogP contribution >= 0.6 is 0 Å². The molecule has 0 unspecified atom stereocenters. The number of hydrogen-bond donors (Lipinski definition) is 1. The SMILES string of the molecule is C1=NNc2cccc3occ1c23. The summed E-state index contributed by atoms with van der Waals surface area (Å²) in [5, 5.41) is 5.10. The normalized spacial score (nSPS) is 13.3. The second-order valence-corrected chi connectivity index (χ2v) is 2.74. The molecule has 0 bridgehead atoms. The molecule has 1 aromatic heterocycles. The Kier molecular flexibility index (Phi) is 0.913. The van der Waals surface area contributed by atoms with Gasteiger partial charge in [0.1, 0.15) is 11.8 Å². The molecule has 0 atom stereocenters. The number of nitrogens with zero attached hydrogens (tertiary/aromatic N) is 1. The van der Waals surface area contributed by atoms with Gasteiger partial charge < -0.3 is 4.42 Å². The lowest BCUT2D eigenvalue weighted by molar-refractivity contribution is 0.615. The highest BCUT2D eigenvalue weighted by Crippen LogP contribution is 2.29. The molecule has 0 fully saturated rings. The van der Waals surface area contributed by atoms with Crippen LogP contribution < -0.4 is 5.43 Å². The Hall–Kier alpha value is -1.77. The molecule has 0 saturated heterocycles. The fourth-order valence-corrected chi connectivity index (χ4v) is 1.47. The van der Waals surface area contributed by atoms with Gasteiger partial charge in [-0.25, -0.2) is 0 Å². The summed E-state index contributed by atoms with van der Waals surface area (Å²) in [5.41, 5.74) is 5.88. The number of furan rings is 1. The van der Waals surface area contributed by atoms with Gasteiger partial charge in [-0.1, -0.05) is 6.07 Å². The molecular formula is C9H6N2O. The van der Waals surface area contributed by atoms with Gasteiger partial charge in [-0.2, -0.15) is 5.10 Å². The van der Waals surface area contributed by atoms with Gasteiger partial charge in [0.2, 0.25) is 0 Å². The molecule has 2 heterocycles. The van der Waals surface area contributed by atoms with Gasteiger partial charge in [0.25, 0.3) is 0 Å². The third-order valence-electron chi connectivity index (χ3n) is 2.02. The molecule has 3 nitrogen and oxygen atoms in total. The summed E-state index contributed by atoms with van der Waals surface area (Å²) in [6.07, 6.45) is 3.48. The summed E-state index contributed by atoms with van der Waals surface area (Å²) in [6.45, 7) is 0. The molecule has 58 valence electrons. The quantitative estimate of drug-likeness (QED) is 0.638. The predicted molar refractivity (Wildman–Crippen MR) is 47.4 cm³/mol. The predicted octanol–water partition coefficient (Wildman–Crippen LogP) is 2.19. The van der Waals surface area contributed by atoms with Crippen LogP contribution in [0.1, 0.15) is 5.56 Å². The van der Waals surface area contributed by atoms with Crippen LogP contribution in [-0.2, 0) is 0 Å². The summed E-state index contributed by atoms with van der Waals surface area (Å²) in [7, 11) is 0. The fourth-order valence-electron chi connectivity index (χ4n) is 1.47. The zero-order valence-corrected chi connectivity index (χ0v) is 6.24. The average Bonchev–Trinajstić information content (AvgIpc) is 2.52. The highest BCUT2D eigenvalue weighted by Gasteiger charge is 2.10. The number of rotatable bonds is 0. The van der Waals surface area contributed by atoms with Crippen LogP contribution in [0, 0.1) is 0 Å². The molecule has 1 aliphatic heterocycles. The van der Waals surface area contributed by atoms with Crippen molar-refractivity contribution in [3.8, 4) is 0 Å². The average molecular weight is 158 g/mol. The van der Waals surface area contributed by atoms with Gasteiger partial charge in [-0.05, 0) is 12.1 Å². The first-order valence-electron chi connectivity index (χ1n) is 3.74. The summed E-state index contributed by atoms with van der Waals surface area (Å²) < 4.78 is 5.33. The molecule has 3 heteroatoms. The number of benzene rings is 1. The highest BCUT2D eigenvalue weighted by atomic mass is 16.3. The van der Waals surface area contributed by atoms with E-state index in [0.717, 1.165) is 22.2 Å². The highest BCUT2D eigenvalue weighted by molar-refractivity contribution is 6.06. The monoisotopic (exact) mass is 158 g/mol. The Morgan fingerprint density at radius 1 is 1.33 bits per heavy atom. The molecule has 0 saturated carbocycles. The van der Waals surface area contributed by atoms with Crippen molar-refractivity contribution in [2.75, 3.05) is 5.43 Å². The lowest BCUT2D eigenvalue weighted by atomic mass is 10.1. The van der Waals surface area contributed by atoms with Crippen molar-refractivity contribution in [1.82, 2.24) is 0 Å². The summed E-state index contributed by atoms with van der Waals surface area (Å²) in [5.74, 6) is 0. The van der Waals surface area contributed by atoms with Crippen LogP contribution in [0.4, 0.5) is 5.69 Å². The molecule has 12 heavy (non-hydrogen) atoms. The smallest absolute Gasteiger partial charge is 0.136 e. The zero-order chi connectivity index (χ0) is 7.97. The summed E-state index contributed by atoms with van der Waals surface area (Å²) >= 11 is 0. The minimum absolute atomic E-state index is 0.904. The molecular weight excluding hydrogens is 152 g/mol. The van der Waals surface area contributed by atoms with E-state index >= 15 is 0 Å². The summed E-state index contributed by atoms with van der Waals surface area (Å²) in [6, 6.07) is 5.87. The van der Waals surface area contributed by atoms with Gasteiger partial charge in [-0.3, -0.25) is 5.43 Å². The van der Waals surface area contributed by atoms with Gasteiger partial charge in [0.05, 0.1) is 17.3 Å². The van der Waals surface area contributed by atoms with Crippen molar-refractivity contribution >= 4 is 22.9 Å². The van der Waals surface area contributed by atoms with E-state index in [-0.39, 0.29) is 0 Å². The zero-order valence-electron chi connectivity index (χ0n) is 6.24. The van der Waals surface area contributed by atoms with E-state index in [1.165, 1.54) is 0 Å². The third-order valence-corrected chi connectivity index (χ3v) is 2.02. The maximum Gasteiger partial charge on any atom is 0.136 e. The first-order valence-corrected chi connectivity index (χ1v) is 3.74. The number of hydrazone groups is 1. The molecule has 0 radical (unpaired) electrons. The van der Waals surface area contributed by atoms with Crippen molar-refractivity contribution in [1.29, 1.82) is 0 Å². The van der Waals surface area contributed by atoms with Gasteiger partial charge >= 0.3 is 0 Å². The van der Waals surface area contributed by atoms with Gasteiger partial charge in [-0.15, -0.1) is 0 Å². The van der Waals surface area contributed by atoms with Crippen LogP contribution in [0.2, 0.25) is 0 Å². The first kappa shape index (κ1) is 5.83. The number of nitrogens with one attached hydrogen (secondary N) is 1. The van der Waals surface area contributed by atoms with Gasteiger partial charge in [0, 0.05) is 5.56 Å². The molecule has 0 aliphatic carbocycles. The Morgan fingerprint density at radius 3 is 3.33 bits per heavy atom. The molecule has 0 amide bonds. The van der Waals surface area contributed by atoms with Crippen LogP contribution in [0.5, 0.6) is 0 Å². The Morgan fingerprint density at radius 2 is 2.33 bits per heavy atom. The summed E-state index contributed by atoms with van der Waals surface area (Å²) in [4.78, 5) is 0. The molecule has 1 aliphatic rings. The maximum atomic E-state index is 5.33. The van der Waals surface area contributed by atoms with E-state index in [9.17, 15) is 0 Å². The maximum absolute atomic E-state index is 5.33. The molecule has 2 aromatic rings. The minimum atomic E-state index is 0.904. The Labute approximate surface area is 68.7 Å². The van der Waals surface area contributed by atoms with E-state index in [0.29, 0.717) is 0 Å². The van der Waals surface area contributed by atoms with E-state index in [1.807, 2.05) is 18.2 Å². The first-order chi connectivity index (χ1) is 5.95. The Balaban J connectivity index is 2.57. The van der Waals surface area contributed by atoms with E-state index in [1.54, 1.807) is 12.5 Å². The molecule has 1 N–H and O–H groups in total.